The normalized spacial score (nSPS) is 34.3. The number of hydrogen-bond donors (Lipinski definition) is 0. The Morgan fingerprint density at radius 3 is 2.50 bits per heavy atom. The van der Waals surface area contributed by atoms with Crippen molar-refractivity contribution in [1.82, 2.24) is 0 Å². The highest BCUT2D eigenvalue weighted by Crippen LogP contribution is 2.61. The maximum atomic E-state index is 12.7. The second-order valence-corrected chi connectivity index (χ2v) is 7.60. The summed E-state index contributed by atoms with van der Waals surface area (Å²) in [5, 5.41) is 0. The van der Waals surface area contributed by atoms with Gasteiger partial charge in [0.1, 0.15) is 4.75 Å². The molecule has 98 valence electrons. The van der Waals surface area contributed by atoms with Gasteiger partial charge in [-0.25, -0.2) is 8.42 Å². The van der Waals surface area contributed by atoms with Gasteiger partial charge in [-0.2, -0.15) is 0 Å². The third-order valence-corrected chi connectivity index (χ3v) is 7.35. The zero-order valence-corrected chi connectivity index (χ0v) is 11.5. The van der Waals surface area contributed by atoms with E-state index < -0.39 is 14.6 Å². The first kappa shape index (κ1) is 12.2. The van der Waals surface area contributed by atoms with E-state index in [9.17, 15) is 8.42 Å². The maximum absolute atomic E-state index is 12.7. The SMILES string of the molecule is CCc1ccc(S(=O)(=O)[C@@]23COC[C@@H]2[C@@H]3C)cc1. The van der Waals surface area contributed by atoms with E-state index in [1.165, 1.54) is 0 Å². The van der Waals surface area contributed by atoms with Crippen LogP contribution in [0.15, 0.2) is 29.2 Å². The van der Waals surface area contributed by atoms with E-state index in [4.69, 9.17) is 4.74 Å². The van der Waals surface area contributed by atoms with Crippen molar-refractivity contribution in [2.75, 3.05) is 13.2 Å². The minimum atomic E-state index is -3.26. The van der Waals surface area contributed by atoms with Crippen LogP contribution < -0.4 is 0 Å². The molecule has 0 unspecified atom stereocenters. The Balaban J connectivity index is 2.00. The molecule has 1 aromatic rings. The molecule has 2 aliphatic rings. The van der Waals surface area contributed by atoms with Crippen LogP contribution in [0.25, 0.3) is 0 Å². The van der Waals surface area contributed by atoms with E-state index in [1.54, 1.807) is 12.1 Å². The van der Waals surface area contributed by atoms with Crippen molar-refractivity contribution in [2.45, 2.75) is 29.9 Å². The molecule has 3 rings (SSSR count). The Hall–Kier alpha value is -0.870. The number of ether oxygens (including phenoxy) is 1. The van der Waals surface area contributed by atoms with Crippen LogP contribution in [0, 0.1) is 11.8 Å². The predicted octanol–water partition coefficient (Wildman–Crippen LogP) is 2.06. The number of rotatable bonds is 3. The van der Waals surface area contributed by atoms with Crippen molar-refractivity contribution >= 4 is 9.84 Å². The number of aryl methyl sites for hydroxylation is 1. The van der Waals surface area contributed by atoms with Gasteiger partial charge in [-0.05, 0) is 30.0 Å². The van der Waals surface area contributed by atoms with Crippen molar-refractivity contribution in [1.29, 1.82) is 0 Å². The topological polar surface area (TPSA) is 43.4 Å². The van der Waals surface area contributed by atoms with Gasteiger partial charge in [0.25, 0.3) is 0 Å². The summed E-state index contributed by atoms with van der Waals surface area (Å²) in [7, 11) is -3.26. The quantitative estimate of drug-likeness (QED) is 0.841. The van der Waals surface area contributed by atoms with E-state index in [0.29, 0.717) is 18.1 Å². The average Bonchev–Trinajstić information content (AvgIpc) is 2.79. The predicted molar refractivity (Wildman–Crippen MR) is 69.2 cm³/mol. The van der Waals surface area contributed by atoms with E-state index in [-0.39, 0.29) is 11.8 Å². The van der Waals surface area contributed by atoms with Crippen molar-refractivity contribution in [2.24, 2.45) is 11.8 Å². The van der Waals surface area contributed by atoms with Gasteiger partial charge < -0.3 is 4.74 Å². The fourth-order valence-electron chi connectivity index (χ4n) is 3.21. The zero-order valence-electron chi connectivity index (χ0n) is 10.7. The smallest absolute Gasteiger partial charge is 0.186 e. The van der Waals surface area contributed by atoms with Gasteiger partial charge in [-0.3, -0.25) is 0 Å². The Kier molecular flexibility index (Phi) is 2.58. The van der Waals surface area contributed by atoms with Gasteiger partial charge in [-0.15, -0.1) is 0 Å². The molecule has 0 radical (unpaired) electrons. The number of hydrogen-bond acceptors (Lipinski definition) is 3. The highest BCUT2D eigenvalue weighted by atomic mass is 32.2. The van der Waals surface area contributed by atoms with Crippen LogP contribution in [0.4, 0.5) is 0 Å². The fraction of sp³-hybridized carbons (Fsp3) is 0.571. The Labute approximate surface area is 108 Å². The molecule has 2 fully saturated rings. The lowest BCUT2D eigenvalue weighted by Gasteiger charge is -2.15. The monoisotopic (exact) mass is 266 g/mol. The van der Waals surface area contributed by atoms with Gasteiger partial charge in [0, 0.05) is 5.92 Å². The number of benzene rings is 1. The molecule has 0 N–H and O–H groups in total. The molecule has 1 saturated heterocycles. The Morgan fingerprint density at radius 2 is 2.00 bits per heavy atom. The fourth-order valence-corrected chi connectivity index (χ4v) is 5.64. The molecule has 3 nitrogen and oxygen atoms in total. The molecule has 0 amide bonds. The molecule has 1 aliphatic carbocycles. The Bertz CT molecular complexity index is 561. The second kappa shape index (κ2) is 3.81. The maximum Gasteiger partial charge on any atom is 0.186 e. The largest absolute Gasteiger partial charge is 0.379 e. The molecule has 18 heavy (non-hydrogen) atoms. The lowest BCUT2D eigenvalue weighted by atomic mass is 10.2. The molecular formula is C14H18O3S. The van der Waals surface area contributed by atoms with Crippen LogP contribution in [-0.2, 0) is 21.0 Å². The zero-order chi connectivity index (χ0) is 13.0. The summed E-state index contributed by atoms with van der Waals surface area (Å²) in [6, 6.07) is 7.29. The molecule has 0 aromatic heterocycles. The lowest BCUT2D eigenvalue weighted by Crippen LogP contribution is -2.29. The van der Waals surface area contributed by atoms with E-state index in [0.717, 1.165) is 12.0 Å². The lowest BCUT2D eigenvalue weighted by molar-refractivity contribution is 0.156. The molecule has 1 heterocycles. The van der Waals surface area contributed by atoms with Crippen LogP contribution >= 0.6 is 0 Å². The minimum absolute atomic E-state index is 0.188. The molecule has 0 bridgehead atoms. The van der Waals surface area contributed by atoms with Crippen molar-refractivity contribution in [3.63, 3.8) is 0 Å². The summed E-state index contributed by atoms with van der Waals surface area (Å²) in [4.78, 5) is 0.444. The van der Waals surface area contributed by atoms with Crippen LogP contribution in [0.3, 0.4) is 0 Å². The third-order valence-electron chi connectivity index (χ3n) is 4.66. The molecule has 4 heteroatoms. The molecular weight excluding hydrogens is 248 g/mol. The van der Waals surface area contributed by atoms with Crippen LogP contribution in [0.1, 0.15) is 19.4 Å². The van der Waals surface area contributed by atoms with Gasteiger partial charge >= 0.3 is 0 Å². The van der Waals surface area contributed by atoms with Gasteiger partial charge in [0.2, 0.25) is 0 Å². The Morgan fingerprint density at radius 1 is 1.33 bits per heavy atom. The molecule has 1 aromatic carbocycles. The van der Waals surface area contributed by atoms with Gasteiger partial charge in [0.05, 0.1) is 18.1 Å². The van der Waals surface area contributed by atoms with Gasteiger partial charge in [0.15, 0.2) is 9.84 Å². The first-order valence-corrected chi connectivity index (χ1v) is 7.93. The number of fused-ring (bicyclic) bond motifs is 1. The summed E-state index contributed by atoms with van der Waals surface area (Å²) in [6.07, 6.45) is 0.924. The molecule has 0 spiro atoms. The first-order valence-electron chi connectivity index (χ1n) is 6.45. The number of sulfone groups is 1. The molecule has 3 atom stereocenters. The van der Waals surface area contributed by atoms with Crippen LogP contribution in [-0.4, -0.2) is 26.4 Å². The summed E-state index contributed by atoms with van der Waals surface area (Å²) >= 11 is 0. The first-order chi connectivity index (χ1) is 8.54. The van der Waals surface area contributed by atoms with Crippen molar-refractivity contribution < 1.29 is 13.2 Å². The summed E-state index contributed by atoms with van der Waals surface area (Å²) < 4.78 is 30.2. The summed E-state index contributed by atoms with van der Waals surface area (Å²) in [6.45, 7) is 5.03. The van der Waals surface area contributed by atoms with Crippen LogP contribution in [0.5, 0.6) is 0 Å². The van der Waals surface area contributed by atoms with Crippen molar-refractivity contribution in [3.05, 3.63) is 29.8 Å². The third kappa shape index (κ3) is 1.36. The van der Waals surface area contributed by atoms with E-state index in [1.807, 2.05) is 19.1 Å². The highest BCUT2D eigenvalue weighted by molar-refractivity contribution is 7.93. The van der Waals surface area contributed by atoms with E-state index >= 15 is 0 Å². The summed E-state index contributed by atoms with van der Waals surface area (Å²) in [5.74, 6) is 0.412. The molecule has 1 saturated carbocycles. The second-order valence-electron chi connectivity index (χ2n) is 5.37. The van der Waals surface area contributed by atoms with E-state index in [2.05, 4.69) is 6.92 Å². The van der Waals surface area contributed by atoms with Gasteiger partial charge in [-0.1, -0.05) is 26.0 Å². The molecule has 1 aliphatic heterocycles. The standard InChI is InChI=1S/C14H18O3S/c1-3-11-4-6-12(7-5-11)18(15,16)14-9-17-8-13(14)10(14)2/h4-7,10,13H,3,8-9H2,1-2H3/t10-,13+,14+/m0/s1. The average molecular weight is 266 g/mol. The highest BCUT2D eigenvalue weighted by Gasteiger charge is 2.73. The van der Waals surface area contributed by atoms with Crippen LogP contribution in [0.2, 0.25) is 0 Å². The van der Waals surface area contributed by atoms with Crippen molar-refractivity contribution in [3.8, 4) is 0 Å². The summed E-state index contributed by atoms with van der Waals surface area (Å²) in [5.41, 5.74) is 1.16. The minimum Gasteiger partial charge on any atom is -0.379 e.